The number of hydrogen-bond donors (Lipinski definition) is 2. The molecule has 1 fully saturated rings. The average molecular weight is 296 g/mol. The Hall–Kier alpha value is -1.07. The van der Waals surface area contributed by atoms with Gasteiger partial charge in [0, 0.05) is 11.7 Å². The highest BCUT2D eigenvalue weighted by molar-refractivity contribution is 7.89. The van der Waals surface area contributed by atoms with Crippen LogP contribution >= 0.6 is 0 Å². The van der Waals surface area contributed by atoms with Crippen LogP contribution in [0.5, 0.6) is 0 Å². The van der Waals surface area contributed by atoms with E-state index in [1.165, 1.54) is 18.9 Å². The van der Waals surface area contributed by atoms with E-state index in [2.05, 4.69) is 11.6 Å². The van der Waals surface area contributed by atoms with Crippen LogP contribution in [0.2, 0.25) is 0 Å². The summed E-state index contributed by atoms with van der Waals surface area (Å²) in [6.45, 7) is 2.20. The van der Waals surface area contributed by atoms with Crippen molar-refractivity contribution < 1.29 is 8.42 Å². The summed E-state index contributed by atoms with van der Waals surface area (Å²) in [6.07, 6.45) is 6.59. The van der Waals surface area contributed by atoms with Gasteiger partial charge in [0.05, 0.1) is 4.90 Å². The van der Waals surface area contributed by atoms with E-state index in [1.54, 1.807) is 18.2 Å². The maximum atomic E-state index is 12.3. The minimum atomic E-state index is -3.44. The van der Waals surface area contributed by atoms with Gasteiger partial charge in [-0.05, 0) is 49.8 Å². The Morgan fingerprint density at radius 2 is 1.95 bits per heavy atom. The van der Waals surface area contributed by atoms with Gasteiger partial charge in [-0.25, -0.2) is 13.1 Å². The van der Waals surface area contributed by atoms with Crippen LogP contribution in [0.25, 0.3) is 0 Å². The number of nitrogen functional groups attached to an aromatic ring is 1. The molecule has 1 saturated carbocycles. The van der Waals surface area contributed by atoms with Crippen molar-refractivity contribution in [2.24, 2.45) is 5.92 Å². The highest BCUT2D eigenvalue weighted by atomic mass is 32.2. The van der Waals surface area contributed by atoms with E-state index < -0.39 is 10.0 Å². The fourth-order valence-corrected chi connectivity index (χ4v) is 4.31. The number of rotatable bonds is 5. The standard InChI is InChI=1S/C15H24N2O2S/c1-2-4-12-7-9-14(10-8-12)17-20(18,19)15-6-3-5-13(16)11-15/h3,5-6,11-12,14,17H,2,4,7-10,16H2,1H3. The number of nitrogens with two attached hydrogens (primary N) is 1. The first kappa shape index (κ1) is 15.3. The van der Waals surface area contributed by atoms with Crippen LogP contribution in [0.4, 0.5) is 5.69 Å². The smallest absolute Gasteiger partial charge is 0.240 e. The molecule has 1 aliphatic carbocycles. The van der Waals surface area contributed by atoms with E-state index in [1.807, 2.05) is 0 Å². The summed E-state index contributed by atoms with van der Waals surface area (Å²) in [6, 6.07) is 6.51. The first-order valence-electron chi connectivity index (χ1n) is 7.39. The minimum Gasteiger partial charge on any atom is -0.399 e. The SMILES string of the molecule is CCCC1CCC(NS(=O)(=O)c2cccc(N)c2)CC1. The van der Waals surface area contributed by atoms with Gasteiger partial charge in [0.1, 0.15) is 0 Å². The third kappa shape index (κ3) is 3.96. The van der Waals surface area contributed by atoms with E-state index in [-0.39, 0.29) is 10.9 Å². The Morgan fingerprint density at radius 1 is 1.25 bits per heavy atom. The summed E-state index contributed by atoms with van der Waals surface area (Å²) >= 11 is 0. The lowest BCUT2D eigenvalue weighted by Crippen LogP contribution is -2.37. The number of nitrogens with one attached hydrogen (secondary N) is 1. The number of anilines is 1. The van der Waals surface area contributed by atoms with Gasteiger partial charge in [0.15, 0.2) is 0 Å². The fraction of sp³-hybridized carbons (Fsp3) is 0.600. The number of hydrogen-bond acceptors (Lipinski definition) is 3. The van der Waals surface area contributed by atoms with Crippen LogP contribution in [0, 0.1) is 5.92 Å². The first-order chi connectivity index (χ1) is 9.51. The molecule has 0 heterocycles. The lowest BCUT2D eigenvalue weighted by atomic mass is 9.84. The van der Waals surface area contributed by atoms with Crippen molar-refractivity contribution in [3.05, 3.63) is 24.3 Å². The third-order valence-electron chi connectivity index (χ3n) is 4.03. The van der Waals surface area contributed by atoms with Crippen LogP contribution in [0.1, 0.15) is 45.4 Å². The second kappa shape index (κ2) is 6.59. The molecule has 0 amide bonds. The summed E-state index contributed by atoms with van der Waals surface area (Å²) < 4.78 is 27.4. The molecule has 0 bridgehead atoms. The van der Waals surface area contributed by atoms with Crippen LogP contribution in [0.15, 0.2) is 29.2 Å². The molecule has 0 atom stereocenters. The van der Waals surface area contributed by atoms with Crippen molar-refractivity contribution in [3.8, 4) is 0 Å². The molecule has 0 aliphatic heterocycles. The highest BCUT2D eigenvalue weighted by Gasteiger charge is 2.25. The van der Waals surface area contributed by atoms with Crippen LogP contribution < -0.4 is 10.5 Å². The molecule has 3 N–H and O–H groups in total. The molecule has 20 heavy (non-hydrogen) atoms. The first-order valence-corrected chi connectivity index (χ1v) is 8.87. The predicted molar refractivity (Wildman–Crippen MR) is 81.8 cm³/mol. The topological polar surface area (TPSA) is 72.2 Å². The quantitative estimate of drug-likeness (QED) is 0.821. The molecule has 4 nitrogen and oxygen atoms in total. The Morgan fingerprint density at radius 3 is 2.55 bits per heavy atom. The second-order valence-corrected chi connectivity index (χ2v) is 7.41. The summed E-state index contributed by atoms with van der Waals surface area (Å²) in [4.78, 5) is 0.258. The highest BCUT2D eigenvalue weighted by Crippen LogP contribution is 2.28. The van der Waals surface area contributed by atoms with Gasteiger partial charge in [0.2, 0.25) is 10.0 Å². The molecule has 112 valence electrons. The summed E-state index contributed by atoms with van der Waals surface area (Å²) in [5, 5.41) is 0. The molecule has 0 aromatic heterocycles. The molecule has 5 heteroatoms. The van der Waals surface area contributed by atoms with Gasteiger partial charge >= 0.3 is 0 Å². The summed E-state index contributed by atoms with van der Waals surface area (Å²) in [5.74, 6) is 0.771. The fourth-order valence-electron chi connectivity index (χ4n) is 2.95. The van der Waals surface area contributed by atoms with Gasteiger partial charge in [-0.3, -0.25) is 0 Å². The zero-order valence-electron chi connectivity index (χ0n) is 12.0. The zero-order valence-corrected chi connectivity index (χ0v) is 12.8. The zero-order chi connectivity index (χ0) is 14.6. The summed E-state index contributed by atoms with van der Waals surface area (Å²) in [5.41, 5.74) is 6.12. The van der Waals surface area contributed by atoms with Crippen molar-refractivity contribution in [3.63, 3.8) is 0 Å². The molecule has 0 radical (unpaired) electrons. The molecule has 1 aliphatic rings. The van der Waals surface area contributed by atoms with Gasteiger partial charge in [-0.2, -0.15) is 0 Å². The van der Waals surface area contributed by atoms with E-state index in [0.717, 1.165) is 31.6 Å². The second-order valence-electron chi connectivity index (χ2n) is 5.70. The van der Waals surface area contributed by atoms with Crippen molar-refractivity contribution in [2.45, 2.75) is 56.4 Å². The van der Waals surface area contributed by atoms with Crippen LogP contribution in [-0.2, 0) is 10.0 Å². The lowest BCUT2D eigenvalue weighted by Gasteiger charge is -2.28. The largest absolute Gasteiger partial charge is 0.399 e. The number of benzene rings is 1. The Labute approximate surface area is 121 Å². The Bertz CT molecular complexity index is 535. The molecule has 2 rings (SSSR count). The maximum Gasteiger partial charge on any atom is 0.240 e. The molecule has 0 unspecified atom stereocenters. The molecular formula is C15H24N2O2S. The third-order valence-corrected chi connectivity index (χ3v) is 5.55. The molecule has 1 aromatic carbocycles. The van der Waals surface area contributed by atoms with E-state index >= 15 is 0 Å². The lowest BCUT2D eigenvalue weighted by molar-refractivity contribution is 0.297. The van der Waals surface area contributed by atoms with Crippen molar-refractivity contribution in [1.29, 1.82) is 0 Å². The minimum absolute atomic E-state index is 0.0644. The molecule has 0 spiro atoms. The Balaban J connectivity index is 1.96. The maximum absolute atomic E-state index is 12.3. The summed E-state index contributed by atoms with van der Waals surface area (Å²) in [7, 11) is -3.44. The van der Waals surface area contributed by atoms with Crippen molar-refractivity contribution in [1.82, 2.24) is 4.72 Å². The van der Waals surface area contributed by atoms with Gasteiger partial charge in [-0.15, -0.1) is 0 Å². The van der Waals surface area contributed by atoms with Gasteiger partial charge in [-0.1, -0.05) is 25.8 Å². The molecule has 0 saturated heterocycles. The number of sulfonamides is 1. The monoisotopic (exact) mass is 296 g/mol. The molecular weight excluding hydrogens is 272 g/mol. The van der Waals surface area contributed by atoms with Crippen molar-refractivity contribution >= 4 is 15.7 Å². The average Bonchev–Trinajstić information content (AvgIpc) is 2.41. The van der Waals surface area contributed by atoms with E-state index in [9.17, 15) is 8.42 Å². The van der Waals surface area contributed by atoms with E-state index in [0.29, 0.717) is 5.69 Å². The van der Waals surface area contributed by atoms with E-state index in [4.69, 9.17) is 5.73 Å². The van der Waals surface area contributed by atoms with Crippen LogP contribution in [-0.4, -0.2) is 14.5 Å². The van der Waals surface area contributed by atoms with Gasteiger partial charge in [0.25, 0.3) is 0 Å². The predicted octanol–water partition coefficient (Wildman–Crippen LogP) is 2.91. The molecule has 1 aromatic rings. The van der Waals surface area contributed by atoms with Crippen molar-refractivity contribution in [2.75, 3.05) is 5.73 Å². The Kier molecular flexibility index (Phi) is 5.05. The van der Waals surface area contributed by atoms with Crippen LogP contribution in [0.3, 0.4) is 0 Å². The normalized spacial score (nSPS) is 23.6. The van der Waals surface area contributed by atoms with Gasteiger partial charge < -0.3 is 5.73 Å².